The van der Waals surface area contributed by atoms with Crippen molar-refractivity contribution in [3.8, 4) is 0 Å². The monoisotopic (exact) mass is 271 g/mol. The van der Waals surface area contributed by atoms with E-state index in [9.17, 15) is 4.79 Å². The number of ether oxygens (including phenoxy) is 1. The van der Waals surface area contributed by atoms with E-state index in [2.05, 4.69) is 10.1 Å². The zero-order valence-electron chi connectivity index (χ0n) is 10.9. The van der Waals surface area contributed by atoms with Gasteiger partial charge in [-0.05, 0) is 45.0 Å². The average molecular weight is 272 g/mol. The highest BCUT2D eigenvalue weighted by Crippen LogP contribution is 2.03. The number of nitrogens with one attached hydrogen (secondary N) is 1. The molecule has 0 atom stereocenters. The number of hydrogen-bond donors (Lipinski definition) is 1. The maximum absolute atomic E-state index is 9.18. The van der Waals surface area contributed by atoms with Gasteiger partial charge in [-0.2, -0.15) is 0 Å². The van der Waals surface area contributed by atoms with Gasteiger partial charge in [-0.1, -0.05) is 36.2 Å². The van der Waals surface area contributed by atoms with E-state index in [1.165, 1.54) is 32.4 Å². The van der Waals surface area contributed by atoms with Crippen LogP contribution >= 0.6 is 11.6 Å². The molecule has 1 fully saturated rings. The molecule has 3 nitrogen and oxygen atoms in total. The fourth-order valence-electron chi connectivity index (χ4n) is 1.28. The summed E-state index contributed by atoms with van der Waals surface area (Å²) in [6.07, 6.45) is 4.22. The lowest BCUT2D eigenvalue weighted by Gasteiger charge is -2.08. The molecule has 0 bridgehead atoms. The van der Waals surface area contributed by atoms with Crippen molar-refractivity contribution in [1.29, 1.82) is 0 Å². The molecule has 0 unspecified atom stereocenters. The average Bonchev–Trinajstić information content (AvgIpc) is 2.44. The van der Waals surface area contributed by atoms with Crippen LogP contribution in [-0.2, 0) is 9.53 Å². The van der Waals surface area contributed by atoms with E-state index in [1.54, 1.807) is 6.92 Å². The third-order valence-electron chi connectivity index (χ3n) is 2.17. The number of hydrogen-bond acceptors (Lipinski definition) is 3. The second kappa shape index (κ2) is 14.0. The summed E-state index contributed by atoms with van der Waals surface area (Å²) in [4.78, 5) is 9.18. The van der Waals surface area contributed by atoms with Gasteiger partial charge in [0.2, 0.25) is 0 Å². The van der Waals surface area contributed by atoms with Crippen LogP contribution in [0.4, 0.5) is 0 Å². The highest BCUT2D eigenvalue weighted by atomic mass is 35.5. The first-order chi connectivity index (χ1) is 8.81. The predicted molar refractivity (Wildman–Crippen MR) is 75.9 cm³/mol. The second-order valence-electron chi connectivity index (χ2n) is 3.66. The molecule has 0 spiro atoms. The minimum absolute atomic E-state index is 0.431. The molecule has 1 aliphatic heterocycles. The molecule has 0 saturated carbocycles. The van der Waals surface area contributed by atoms with Crippen LogP contribution in [0.2, 0.25) is 5.02 Å². The van der Waals surface area contributed by atoms with E-state index in [0.717, 1.165) is 5.02 Å². The van der Waals surface area contributed by atoms with Crippen molar-refractivity contribution in [3.63, 3.8) is 0 Å². The van der Waals surface area contributed by atoms with Gasteiger partial charge >= 0.3 is 0 Å². The standard InChI is InChI=1S/C6H5Cl.C5H11N.C3H6O2/c7-6-4-2-1-3-5-6;1-2-4-6-5-3-1;1-2-5-3-4/h1-5H;6H,1-5H2;3H,2H2,1H3. The molecular weight excluding hydrogens is 250 g/mol. The maximum atomic E-state index is 9.18. The summed E-state index contributed by atoms with van der Waals surface area (Å²) in [6.45, 7) is 5.16. The van der Waals surface area contributed by atoms with Crippen LogP contribution in [0.1, 0.15) is 26.2 Å². The van der Waals surface area contributed by atoms with Gasteiger partial charge in [0.05, 0.1) is 6.61 Å². The topological polar surface area (TPSA) is 38.3 Å². The molecule has 1 saturated heterocycles. The van der Waals surface area contributed by atoms with Crippen LogP contribution < -0.4 is 5.32 Å². The van der Waals surface area contributed by atoms with Crippen LogP contribution in [0.3, 0.4) is 0 Å². The van der Waals surface area contributed by atoms with E-state index < -0.39 is 0 Å². The minimum Gasteiger partial charge on any atom is -0.468 e. The Morgan fingerprint density at radius 3 is 2.00 bits per heavy atom. The van der Waals surface area contributed by atoms with Crippen molar-refractivity contribution in [2.45, 2.75) is 26.2 Å². The van der Waals surface area contributed by atoms with Crippen molar-refractivity contribution in [3.05, 3.63) is 35.4 Å². The van der Waals surface area contributed by atoms with E-state index in [-0.39, 0.29) is 0 Å². The Labute approximate surface area is 114 Å². The van der Waals surface area contributed by atoms with E-state index in [0.29, 0.717) is 13.1 Å². The molecule has 1 N–H and O–H groups in total. The Hall–Kier alpha value is -1.06. The Kier molecular flexibility index (Phi) is 13.2. The van der Waals surface area contributed by atoms with Crippen LogP contribution in [-0.4, -0.2) is 26.2 Å². The molecule has 0 amide bonds. The largest absolute Gasteiger partial charge is 0.468 e. The minimum atomic E-state index is 0.431. The number of carbonyl (C=O) groups excluding carboxylic acids is 1. The molecule has 2 rings (SSSR count). The van der Waals surface area contributed by atoms with Gasteiger partial charge in [0.25, 0.3) is 6.47 Å². The van der Waals surface area contributed by atoms with Gasteiger partial charge in [-0.3, -0.25) is 4.79 Å². The molecule has 1 aromatic carbocycles. The molecule has 1 aliphatic rings. The molecule has 4 heteroatoms. The van der Waals surface area contributed by atoms with Crippen LogP contribution in [0.5, 0.6) is 0 Å². The molecule has 0 radical (unpaired) electrons. The Bertz CT molecular complexity index is 265. The maximum Gasteiger partial charge on any atom is 0.293 e. The Morgan fingerprint density at radius 1 is 1.22 bits per heavy atom. The summed E-state index contributed by atoms with van der Waals surface area (Å²) in [5.41, 5.74) is 0. The fraction of sp³-hybridized carbons (Fsp3) is 0.500. The van der Waals surface area contributed by atoms with Crippen LogP contribution in [0, 0.1) is 0 Å². The second-order valence-corrected chi connectivity index (χ2v) is 4.09. The van der Waals surface area contributed by atoms with E-state index in [1.807, 2.05) is 30.3 Å². The van der Waals surface area contributed by atoms with Gasteiger partial charge in [0.1, 0.15) is 0 Å². The van der Waals surface area contributed by atoms with Gasteiger partial charge in [0.15, 0.2) is 0 Å². The van der Waals surface area contributed by atoms with Crippen molar-refractivity contribution in [2.75, 3.05) is 19.7 Å². The third kappa shape index (κ3) is 13.0. The van der Waals surface area contributed by atoms with E-state index >= 15 is 0 Å². The molecule has 1 heterocycles. The quantitative estimate of drug-likeness (QED) is 0.839. The number of halogens is 1. The normalized spacial score (nSPS) is 13.2. The van der Waals surface area contributed by atoms with Gasteiger partial charge in [-0.25, -0.2) is 0 Å². The summed E-state index contributed by atoms with van der Waals surface area (Å²) >= 11 is 5.54. The summed E-state index contributed by atoms with van der Waals surface area (Å²) in [6, 6.07) is 9.44. The summed E-state index contributed by atoms with van der Waals surface area (Å²) < 4.78 is 4.15. The highest BCUT2D eigenvalue weighted by Gasteiger charge is 1.93. The first-order valence-corrected chi connectivity index (χ1v) is 6.65. The van der Waals surface area contributed by atoms with Gasteiger partial charge in [-0.15, -0.1) is 0 Å². The number of rotatable bonds is 2. The lowest BCUT2D eigenvalue weighted by atomic mass is 10.2. The number of piperidine rings is 1. The molecular formula is C14H22ClNO2. The van der Waals surface area contributed by atoms with Crippen molar-refractivity contribution < 1.29 is 9.53 Å². The summed E-state index contributed by atoms with van der Waals surface area (Å²) in [5, 5.41) is 4.08. The lowest BCUT2D eigenvalue weighted by Crippen LogP contribution is -2.21. The SMILES string of the molecule is C1CCNCC1.CCOC=O.Clc1ccccc1. The zero-order valence-corrected chi connectivity index (χ0v) is 11.7. The smallest absolute Gasteiger partial charge is 0.293 e. The molecule has 0 aromatic heterocycles. The van der Waals surface area contributed by atoms with Crippen LogP contribution in [0.25, 0.3) is 0 Å². The Morgan fingerprint density at radius 2 is 1.83 bits per heavy atom. The summed E-state index contributed by atoms with van der Waals surface area (Å²) in [7, 11) is 0. The Balaban J connectivity index is 0.000000245. The molecule has 1 aromatic rings. The van der Waals surface area contributed by atoms with Crippen molar-refractivity contribution in [1.82, 2.24) is 5.32 Å². The predicted octanol–water partition coefficient (Wildman–Crippen LogP) is 3.28. The number of benzene rings is 1. The zero-order chi connectivity index (χ0) is 13.5. The first kappa shape index (κ1) is 16.9. The first-order valence-electron chi connectivity index (χ1n) is 6.27. The molecule has 18 heavy (non-hydrogen) atoms. The highest BCUT2D eigenvalue weighted by molar-refractivity contribution is 6.30. The van der Waals surface area contributed by atoms with Crippen LogP contribution in [0.15, 0.2) is 30.3 Å². The summed E-state index contributed by atoms with van der Waals surface area (Å²) in [5.74, 6) is 0. The van der Waals surface area contributed by atoms with E-state index in [4.69, 9.17) is 11.6 Å². The fourth-order valence-corrected chi connectivity index (χ4v) is 1.43. The lowest BCUT2D eigenvalue weighted by molar-refractivity contribution is -0.128. The van der Waals surface area contributed by atoms with Crippen molar-refractivity contribution >= 4 is 18.1 Å². The third-order valence-corrected chi connectivity index (χ3v) is 2.43. The number of carbonyl (C=O) groups is 1. The van der Waals surface area contributed by atoms with Gasteiger partial charge < -0.3 is 10.1 Å². The van der Waals surface area contributed by atoms with Gasteiger partial charge in [0, 0.05) is 5.02 Å². The molecule has 0 aliphatic carbocycles. The molecule has 102 valence electrons. The van der Waals surface area contributed by atoms with Crippen molar-refractivity contribution in [2.24, 2.45) is 0 Å².